The summed E-state index contributed by atoms with van der Waals surface area (Å²) in [5.74, 6) is 5.60. The molecule has 184 valence electrons. The summed E-state index contributed by atoms with van der Waals surface area (Å²) >= 11 is 0. The summed E-state index contributed by atoms with van der Waals surface area (Å²) in [5, 5.41) is 2.68. The number of carbonyl (C=O) groups excluding carboxylic acids is 2. The predicted octanol–water partition coefficient (Wildman–Crippen LogP) is 4.56. The molecule has 0 bridgehead atoms. The fourth-order valence-corrected chi connectivity index (χ4v) is 3.42. The monoisotopic (exact) mass is 487 g/mol. The number of pyridine rings is 1. The van der Waals surface area contributed by atoms with Crippen molar-refractivity contribution < 1.29 is 23.5 Å². The molecule has 0 spiro atoms. The Morgan fingerprint density at radius 2 is 1.97 bits per heavy atom. The molecule has 0 aliphatic carbocycles. The topological polar surface area (TPSA) is 80.8 Å². The molecule has 0 saturated carbocycles. The van der Waals surface area contributed by atoms with Gasteiger partial charge in [-0.2, -0.15) is 0 Å². The average Bonchev–Trinajstić information content (AvgIpc) is 2.96. The zero-order valence-corrected chi connectivity index (χ0v) is 20.5. The number of anilines is 1. The molecule has 7 nitrogen and oxygen atoms in total. The molecule has 1 aromatic heterocycles. The van der Waals surface area contributed by atoms with E-state index in [1.807, 2.05) is 26.8 Å². The molecule has 4 rings (SSSR count). The molecule has 0 fully saturated rings. The van der Waals surface area contributed by atoms with Crippen molar-refractivity contribution >= 4 is 17.5 Å². The van der Waals surface area contributed by atoms with Crippen molar-refractivity contribution in [2.75, 3.05) is 18.6 Å². The molecule has 1 atom stereocenters. The van der Waals surface area contributed by atoms with Gasteiger partial charge in [-0.15, -0.1) is 0 Å². The number of carbonyl (C=O) groups is 2. The third-order valence-electron chi connectivity index (χ3n) is 5.27. The first-order valence-electron chi connectivity index (χ1n) is 11.4. The summed E-state index contributed by atoms with van der Waals surface area (Å²) < 4.78 is 25.3. The van der Waals surface area contributed by atoms with E-state index < -0.39 is 17.8 Å². The molecule has 1 aliphatic heterocycles. The van der Waals surface area contributed by atoms with Gasteiger partial charge < -0.3 is 19.7 Å². The normalized spacial score (nSPS) is 15.1. The first-order valence-corrected chi connectivity index (χ1v) is 11.4. The van der Waals surface area contributed by atoms with Gasteiger partial charge in [-0.3, -0.25) is 14.6 Å². The molecule has 2 heterocycles. The van der Waals surface area contributed by atoms with Gasteiger partial charge in [-0.05, 0) is 57.2 Å². The van der Waals surface area contributed by atoms with Crippen LogP contribution in [0.25, 0.3) is 0 Å². The molecule has 2 amide bonds. The molecule has 8 heteroatoms. The maximum absolute atomic E-state index is 13.9. The lowest BCUT2D eigenvalue weighted by Crippen LogP contribution is -2.49. The Morgan fingerprint density at radius 3 is 2.72 bits per heavy atom. The number of fused-ring (bicyclic) bond motifs is 1. The van der Waals surface area contributed by atoms with Gasteiger partial charge in [0.2, 0.25) is 0 Å². The number of likely N-dealkylation sites (N-methyl/N-ethyl adjacent to an activating group) is 1. The van der Waals surface area contributed by atoms with Crippen LogP contribution in [0.1, 0.15) is 36.8 Å². The van der Waals surface area contributed by atoms with E-state index in [1.165, 1.54) is 35.4 Å². The molecule has 2 aromatic carbocycles. The highest BCUT2D eigenvalue weighted by atomic mass is 19.1. The van der Waals surface area contributed by atoms with E-state index in [4.69, 9.17) is 9.47 Å². The highest BCUT2D eigenvalue weighted by Crippen LogP contribution is 2.32. The van der Waals surface area contributed by atoms with Crippen LogP contribution in [0.15, 0.2) is 60.8 Å². The lowest BCUT2D eigenvalue weighted by atomic mass is 9.97. The lowest BCUT2D eigenvalue weighted by Gasteiger charge is -2.20. The first kappa shape index (κ1) is 24.7. The Kier molecular flexibility index (Phi) is 6.93. The summed E-state index contributed by atoms with van der Waals surface area (Å²) in [4.78, 5) is 31.6. The maximum Gasteiger partial charge on any atom is 0.270 e. The van der Waals surface area contributed by atoms with E-state index >= 15 is 0 Å². The van der Waals surface area contributed by atoms with Crippen LogP contribution >= 0.6 is 0 Å². The second kappa shape index (κ2) is 10.1. The SMILES string of the molecule is CN1C(=O)[C@H](NC(=O)c2cc(Oc3ccccc3F)ccn2)COc2ccc(C#CC(C)(C)C)cc21. The number of amides is 2. The van der Waals surface area contributed by atoms with Crippen molar-refractivity contribution in [1.82, 2.24) is 10.3 Å². The van der Waals surface area contributed by atoms with Crippen LogP contribution in [0.4, 0.5) is 10.1 Å². The molecular formula is C28H26FN3O4. The zero-order chi connectivity index (χ0) is 25.9. The number of ether oxygens (including phenoxy) is 2. The largest absolute Gasteiger partial charge is 0.489 e. The van der Waals surface area contributed by atoms with E-state index in [0.29, 0.717) is 11.4 Å². The third kappa shape index (κ3) is 5.81. The Labute approximate surface area is 209 Å². The standard InChI is InChI=1S/C28H26FN3O4/c1-28(2,3)13-11-18-9-10-25-23(15-18)32(4)27(34)22(17-35-25)31-26(33)21-16-19(12-14-30-21)36-24-8-6-5-7-20(24)29/h5-10,12,14-16,22H,17H2,1-4H3,(H,31,33)/t22-/m1/s1. The molecule has 1 N–H and O–H groups in total. The van der Waals surface area contributed by atoms with Gasteiger partial charge in [-0.25, -0.2) is 4.39 Å². The smallest absolute Gasteiger partial charge is 0.270 e. The van der Waals surface area contributed by atoms with Gasteiger partial charge in [0.25, 0.3) is 11.8 Å². The van der Waals surface area contributed by atoms with E-state index in [0.717, 1.165) is 5.56 Å². The predicted molar refractivity (Wildman–Crippen MR) is 134 cm³/mol. The van der Waals surface area contributed by atoms with Crippen LogP contribution in [0.5, 0.6) is 17.2 Å². The van der Waals surface area contributed by atoms with Crippen LogP contribution in [0.3, 0.4) is 0 Å². The average molecular weight is 488 g/mol. The minimum atomic E-state index is -0.947. The molecule has 0 saturated heterocycles. The van der Waals surface area contributed by atoms with Gasteiger partial charge in [0.15, 0.2) is 11.6 Å². The summed E-state index contributed by atoms with van der Waals surface area (Å²) in [7, 11) is 1.62. The van der Waals surface area contributed by atoms with E-state index in [1.54, 1.807) is 31.3 Å². The molecule has 3 aromatic rings. The highest BCUT2D eigenvalue weighted by Gasteiger charge is 2.31. The van der Waals surface area contributed by atoms with Crippen molar-refractivity contribution in [3.05, 3.63) is 77.9 Å². The molecular weight excluding hydrogens is 461 g/mol. The first-order chi connectivity index (χ1) is 17.1. The van der Waals surface area contributed by atoms with Crippen molar-refractivity contribution in [1.29, 1.82) is 0 Å². The third-order valence-corrected chi connectivity index (χ3v) is 5.27. The summed E-state index contributed by atoms with van der Waals surface area (Å²) in [6, 6.07) is 13.3. The number of rotatable bonds is 4. The van der Waals surface area contributed by atoms with Crippen LogP contribution in [0.2, 0.25) is 0 Å². The Bertz CT molecular complexity index is 1370. The summed E-state index contributed by atoms with van der Waals surface area (Å²) in [6.07, 6.45) is 1.37. The Morgan fingerprint density at radius 1 is 1.19 bits per heavy atom. The molecule has 36 heavy (non-hydrogen) atoms. The highest BCUT2D eigenvalue weighted by molar-refractivity contribution is 6.03. The fourth-order valence-electron chi connectivity index (χ4n) is 3.42. The maximum atomic E-state index is 13.9. The molecule has 1 aliphatic rings. The van der Waals surface area contributed by atoms with Gasteiger partial charge in [0, 0.05) is 30.3 Å². The van der Waals surface area contributed by atoms with Crippen molar-refractivity contribution in [2.24, 2.45) is 5.41 Å². The number of benzene rings is 2. The summed E-state index contributed by atoms with van der Waals surface area (Å²) in [5.41, 5.74) is 1.17. The minimum Gasteiger partial charge on any atom is -0.489 e. The quantitative estimate of drug-likeness (QED) is 0.546. The van der Waals surface area contributed by atoms with Crippen molar-refractivity contribution in [3.8, 4) is 29.1 Å². The Hall–Kier alpha value is -4.38. The van der Waals surface area contributed by atoms with E-state index in [2.05, 4.69) is 22.1 Å². The van der Waals surface area contributed by atoms with Gasteiger partial charge in [0.05, 0.1) is 5.69 Å². The second-order valence-corrected chi connectivity index (χ2v) is 9.33. The van der Waals surface area contributed by atoms with Crippen LogP contribution < -0.4 is 19.7 Å². The van der Waals surface area contributed by atoms with Gasteiger partial charge in [-0.1, -0.05) is 24.0 Å². The Balaban J connectivity index is 1.49. The van der Waals surface area contributed by atoms with Crippen molar-refractivity contribution in [2.45, 2.75) is 26.8 Å². The van der Waals surface area contributed by atoms with Gasteiger partial charge >= 0.3 is 0 Å². The lowest BCUT2D eigenvalue weighted by molar-refractivity contribution is -0.120. The van der Waals surface area contributed by atoms with Crippen LogP contribution in [0, 0.1) is 23.1 Å². The van der Waals surface area contributed by atoms with E-state index in [-0.39, 0.29) is 35.1 Å². The second-order valence-electron chi connectivity index (χ2n) is 9.33. The zero-order valence-electron chi connectivity index (χ0n) is 20.5. The van der Waals surface area contributed by atoms with Gasteiger partial charge in [0.1, 0.15) is 29.8 Å². The van der Waals surface area contributed by atoms with E-state index in [9.17, 15) is 14.0 Å². The molecule has 0 radical (unpaired) electrons. The number of halogens is 1. The summed E-state index contributed by atoms with van der Waals surface area (Å²) in [6.45, 7) is 6.00. The number of hydrogen-bond donors (Lipinski definition) is 1. The minimum absolute atomic E-state index is 0.0146. The molecule has 0 unspecified atom stereocenters. The van der Waals surface area contributed by atoms with Crippen LogP contribution in [-0.4, -0.2) is 36.5 Å². The number of aromatic nitrogens is 1. The van der Waals surface area contributed by atoms with Crippen LogP contribution in [-0.2, 0) is 4.79 Å². The number of hydrogen-bond acceptors (Lipinski definition) is 5. The fraction of sp³-hybridized carbons (Fsp3) is 0.250. The number of para-hydroxylation sites is 1. The number of nitrogens with zero attached hydrogens (tertiary/aromatic N) is 2. The van der Waals surface area contributed by atoms with Crippen molar-refractivity contribution in [3.63, 3.8) is 0 Å². The number of nitrogens with one attached hydrogen (secondary N) is 1.